The minimum atomic E-state index is -0.390. The fourth-order valence-electron chi connectivity index (χ4n) is 1.67. The van der Waals surface area contributed by atoms with E-state index in [-0.39, 0.29) is 17.4 Å². The number of hydrogen-bond donors (Lipinski definition) is 2. The van der Waals surface area contributed by atoms with E-state index < -0.39 is 0 Å². The van der Waals surface area contributed by atoms with Gasteiger partial charge in [-0.05, 0) is 35.9 Å². The summed E-state index contributed by atoms with van der Waals surface area (Å²) in [6, 6.07) is 7.10. The average Bonchev–Trinajstić information content (AvgIpc) is 3.01. The van der Waals surface area contributed by atoms with Crippen LogP contribution < -0.4 is 5.32 Å². The Morgan fingerprint density at radius 1 is 1.52 bits per heavy atom. The van der Waals surface area contributed by atoms with Crippen LogP contribution in [0, 0.1) is 18.3 Å². The Balaban J connectivity index is 2.19. The number of aromatic amines is 1. The molecule has 0 amide bonds. The highest BCUT2D eigenvalue weighted by Gasteiger charge is 2.09. The molecule has 8 heteroatoms. The maximum absolute atomic E-state index is 11.5. The summed E-state index contributed by atoms with van der Waals surface area (Å²) in [5, 5.41) is 25.1. The average molecular weight is 284 g/mol. The number of hydrogen-bond acceptors (Lipinski definition) is 7. The third-order valence-corrected chi connectivity index (χ3v) is 2.72. The van der Waals surface area contributed by atoms with Crippen molar-refractivity contribution in [1.82, 2.24) is 20.6 Å². The van der Waals surface area contributed by atoms with Gasteiger partial charge in [0.15, 0.2) is 0 Å². The molecule has 0 spiro atoms. The molecule has 0 unspecified atom stereocenters. The molecule has 0 bridgehead atoms. The minimum Gasteiger partial charge on any atom is -0.465 e. The molecule has 0 saturated carbocycles. The number of tetrazole rings is 1. The van der Waals surface area contributed by atoms with E-state index in [1.807, 2.05) is 6.07 Å². The van der Waals surface area contributed by atoms with Crippen molar-refractivity contribution in [3.8, 4) is 6.07 Å². The van der Waals surface area contributed by atoms with Crippen LogP contribution in [0.3, 0.4) is 0 Å². The van der Waals surface area contributed by atoms with Crippen LogP contribution in [0.2, 0.25) is 0 Å². The maximum atomic E-state index is 11.5. The van der Waals surface area contributed by atoms with Gasteiger partial charge in [0, 0.05) is 11.9 Å². The van der Waals surface area contributed by atoms with Crippen LogP contribution in [0.5, 0.6) is 0 Å². The fourth-order valence-corrected chi connectivity index (χ4v) is 1.67. The van der Waals surface area contributed by atoms with Crippen LogP contribution in [0.4, 0.5) is 5.69 Å². The lowest BCUT2D eigenvalue weighted by Crippen LogP contribution is -2.04. The third kappa shape index (κ3) is 3.22. The molecule has 0 atom stereocenters. The maximum Gasteiger partial charge on any atom is 0.338 e. The lowest BCUT2D eigenvalue weighted by atomic mass is 10.1. The second-order valence-electron chi connectivity index (χ2n) is 4.07. The number of anilines is 1. The molecule has 0 radical (unpaired) electrons. The summed E-state index contributed by atoms with van der Waals surface area (Å²) in [5.41, 5.74) is 2.21. The first kappa shape index (κ1) is 14.2. The molecule has 106 valence electrons. The highest BCUT2D eigenvalue weighted by Crippen LogP contribution is 2.17. The molecule has 0 aliphatic carbocycles. The molecule has 0 aliphatic rings. The summed E-state index contributed by atoms with van der Waals surface area (Å²) in [6.45, 7) is 1.80. The quantitative estimate of drug-likeness (QED) is 0.641. The van der Waals surface area contributed by atoms with Crippen molar-refractivity contribution in [3.63, 3.8) is 0 Å². The van der Waals surface area contributed by atoms with E-state index in [1.165, 1.54) is 13.3 Å². The topological polar surface area (TPSA) is 117 Å². The van der Waals surface area contributed by atoms with Gasteiger partial charge in [0.2, 0.25) is 5.82 Å². The Morgan fingerprint density at radius 3 is 2.90 bits per heavy atom. The van der Waals surface area contributed by atoms with Crippen molar-refractivity contribution in [2.45, 2.75) is 6.92 Å². The first-order chi connectivity index (χ1) is 10.2. The van der Waals surface area contributed by atoms with E-state index in [9.17, 15) is 4.79 Å². The molecule has 0 saturated heterocycles. The summed E-state index contributed by atoms with van der Waals surface area (Å²) in [5.74, 6) is -0.188. The number of ether oxygens (including phenoxy) is 1. The number of allylic oxidation sites excluding steroid dienone is 1. The monoisotopic (exact) mass is 284 g/mol. The standard InChI is InChI=1S/C13H12N6O2/c1-8-5-10(3-4-11(8)13(20)21-2)15-7-9(6-14)12-16-18-19-17-12/h3-5,7,15H,1-2H3,(H,16,17,18,19). The van der Waals surface area contributed by atoms with Crippen LogP contribution in [-0.2, 0) is 4.74 Å². The van der Waals surface area contributed by atoms with Gasteiger partial charge >= 0.3 is 5.97 Å². The molecule has 21 heavy (non-hydrogen) atoms. The molecule has 1 aromatic carbocycles. The Morgan fingerprint density at radius 2 is 2.33 bits per heavy atom. The van der Waals surface area contributed by atoms with E-state index in [0.717, 1.165) is 11.3 Å². The molecule has 1 heterocycles. The van der Waals surface area contributed by atoms with Gasteiger partial charge < -0.3 is 10.1 Å². The zero-order valence-electron chi connectivity index (χ0n) is 11.4. The van der Waals surface area contributed by atoms with Gasteiger partial charge in [0.25, 0.3) is 0 Å². The van der Waals surface area contributed by atoms with E-state index in [0.29, 0.717) is 5.56 Å². The van der Waals surface area contributed by atoms with Gasteiger partial charge in [-0.15, -0.1) is 10.2 Å². The van der Waals surface area contributed by atoms with E-state index in [4.69, 9.17) is 5.26 Å². The molecule has 2 rings (SSSR count). The van der Waals surface area contributed by atoms with E-state index >= 15 is 0 Å². The number of nitrogens with zero attached hydrogens (tertiary/aromatic N) is 4. The number of carbonyl (C=O) groups is 1. The second-order valence-corrected chi connectivity index (χ2v) is 4.07. The molecule has 0 aliphatic heterocycles. The predicted molar refractivity (Wildman–Crippen MR) is 73.9 cm³/mol. The number of H-pyrrole nitrogens is 1. The highest BCUT2D eigenvalue weighted by atomic mass is 16.5. The second kappa shape index (κ2) is 6.29. The number of rotatable bonds is 4. The van der Waals surface area contributed by atoms with Crippen LogP contribution in [0.15, 0.2) is 24.4 Å². The number of benzene rings is 1. The van der Waals surface area contributed by atoms with Crippen LogP contribution in [0.25, 0.3) is 5.57 Å². The summed E-state index contributed by atoms with van der Waals surface area (Å²) in [4.78, 5) is 11.5. The van der Waals surface area contributed by atoms with Crippen molar-refractivity contribution in [1.29, 1.82) is 5.26 Å². The number of aromatic nitrogens is 4. The summed E-state index contributed by atoms with van der Waals surface area (Å²) >= 11 is 0. The molecular weight excluding hydrogens is 272 g/mol. The number of nitriles is 1. The SMILES string of the molecule is COC(=O)c1ccc(NC=C(C#N)c2nn[nH]n2)cc1C. The summed E-state index contributed by atoms with van der Waals surface area (Å²) in [7, 11) is 1.33. The van der Waals surface area contributed by atoms with Crippen LogP contribution >= 0.6 is 0 Å². The van der Waals surface area contributed by atoms with Crippen LogP contribution in [-0.4, -0.2) is 33.7 Å². The fraction of sp³-hybridized carbons (Fsp3) is 0.154. The Kier molecular flexibility index (Phi) is 4.26. The van der Waals surface area contributed by atoms with E-state index in [2.05, 4.69) is 30.7 Å². The normalized spacial score (nSPS) is 10.8. The zero-order chi connectivity index (χ0) is 15.2. The molecule has 0 fully saturated rings. The minimum absolute atomic E-state index is 0.202. The van der Waals surface area contributed by atoms with Crippen molar-refractivity contribution in [2.24, 2.45) is 0 Å². The lowest BCUT2D eigenvalue weighted by molar-refractivity contribution is 0.0600. The highest BCUT2D eigenvalue weighted by molar-refractivity contribution is 5.91. The Bertz CT molecular complexity index is 715. The molecule has 2 N–H and O–H groups in total. The van der Waals surface area contributed by atoms with Crippen molar-refractivity contribution >= 4 is 17.2 Å². The van der Waals surface area contributed by atoms with Crippen LogP contribution in [0.1, 0.15) is 21.7 Å². The van der Waals surface area contributed by atoms with Gasteiger partial charge in [-0.1, -0.05) is 0 Å². The zero-order valence-corrected chi connectivity index (χ0v) is 11.4. The number of nitrogens with one attached hydrogen (secondary N) is 2. The summed E-state index contributed by atoms with van der Waals surface area (Å²) in [6.07, 6.45) is 1.47. The largest absolute Gasteiger partial charge is 0.465 e. The number of carbonyl (C=O) groups excluding carboxylic acids is 1. The van der Waals surface area contributed by atoms with Gasteiger partial charge in [0.05, 0.1) is 12.7 Å². The molecule has 1 aromatic heterocycles. The summed E-state index contributed by atoms with van der Waals surface area (Å²) < 4.78 is 4.68. The lowest BCUT2D eigenvalue weighted by Gasteiger charge is -2.07. The van der Waals surface area contributed by atoms with Gasteiger partial charge in [-0.25, -0.2) is 4.79 Å². The van der Waals surface area contributed by atoms with E-state index in [1.54, 1.807) is 25.1 Å². The molecule has 8 nitrogen and oxygen atoms in total. The van der Waals surface area contributed by atoms with Gasteiger partial charge in [-0.2, -0.15) is 10.5 Å². The Hall–Kier alpha value is -3.21. The first-order valence-corrected chi connectivity index (χ1v) is 5.95. The smallest absolute Gasteiger partial charge is 0.338 e. The van der Waals surface area contributed by atoms with Crippen molar-refractivity contribution in [2.75, 3.05) is 12.4 Å². The van der Waals surface area contributed by atoms with Gasteiger partial charge in [0.1, 0.15) is 11.6 Å². The van der Waals surface area contributed by atoms with Crippen molar-refractivity contribution in [3.05, 3.63) is 41.4 Å². The molecular formula is C13H12N6O2. The molecule has 2 aromatic rings. The Labute approximate surface area is 120 Å². The number of aryl methyl sites for hydroxylation is 1. The van der Waals surface area contributed by atoms with Gasteiger partial charge in [-0.3, -0.25) is 0 Å². The van der Waals surface area contributed by atoms with Crippen molar-refractivity contribution < 1.29 is 9.53 Å². The first-order valence-electron chi connectivity index (χ1n) is 5.95. The predicted octanol–water partition coefficient (Wildman–Crippen LogP) is 1.27. The number of methoxy groups -OCH3 is 1. The number of esters is 1. The third-order valence-electron chi connectivity index (χ3n) is 2.72.